The topological polar surface area (TPSA) is 92.0 Å². The first-order valence-corrected chi connectivity index (χ1v) is 13.4. The largest absolute Gasteiger partial charge is 0.465 e. The van der Waals surface area contributed by atoms with Crippen LogP contribution in [0.1, 0.15) is 26.7 Å². The van der Waals surface area contributed by atoms with E-state index in [9.17, 15) is 14.9 Å². The summed E-state index contributed by atoms with van der Waals surface area (Å²) in [6.07, 6.45) is 1.64. The van der Waals surface area contributed by atoms with Crippen LogP contribution in [0.25, 0.3) is 0 Å². The lowest BCUT2D eigenvalue weighted by molar-refractivity contribution is -0.140. The van der Waals surface area contributed by atoms with Gasteiger partial charge in [0.2, 0.25) is 0 Å². The summed E-state index contributed by atoms with van der Waals surface area (Å²) in [5.74, 6) is -0.490. The Labute approximate surface area is 166 Å². The Hall–Kier alpha value is -1.01. The molecule has 0 aliphatic carbocycles. The quantitative estimate of drug-likeness (QED) is 0.443. The fourth-order valence-corrected chi connectivity index (χ4v) is 9.41. The zero-order valence-electron chi connectivity index (χ0n) is 14.6. The second-order valence-electron chi connectivity index (χ2n) is 5.23. The Morgan fingerprint density at radius 2 is 1.96 bits per heavy atom. The molecule has 2 aliphatic rings. The standard InChI is InChI=1S/C15H20N3O4PS3/c1-3-21-13(19)9-25-15-11(8-16)12-6-5-7-18(12)23(24,17-15)26-10-14(20)22-4-2/h3-7,9-10H2,1-2H3. The second kappa shape index (κ2) is 9.79. The molecule has 0 aromatic heterocycles. The van der Waals surface area contributed by atoms with Gasteiger partial charge in [0.15, 0.2) is 5.54 Å². The van der Waals surface area contributed by atoms with Crippen molar-refractivity contribution in [2.45, 2.75) is 26.7 Å². The average Bonchev–Trinajstić information content (AvgIpc) is 3.10. The minimum atomic E-state index is -2.49. The van der Waals surface area contributed by atoms with E-state index in [1.54, 1.807) is 13.8 Å². The smallest absolute Gasteiger partial charge is 0.316 e. The molecule has 0 bridgehead atoms. The van der Waals surface area contributed by atoms with Crippen molar-refractivity contribution < 1.29 is 19.1 Å². The highest BCUT2D eigenvalue weighted by atomic mass is 32.9. The summed E-state index contributed by atoms with van der Waals surface area (Å²) in [5, 5.41) is 10.1. The SMILES string of the molecule is CCOC(=O)CSC1=NP(=S)(SCC(=O)OCC)N2CCCC2=C1C#N. The fraction of sp³-hybridized carbons (Fsp3) is 0.600. The Kier molecular flexibility index (Phi) is 8.02. The first-order chi connectivity index (χ1) is 12.4. The molecule has 11 heteroatoms. The molecule has 2 heterocycles. The second-order valence-corrected chi connectivity index (χ2v) is 12.9. The molecular weight excluding hydrogens is 413 g/mol. The van der Waals surface area contributed by atoms with Crippen LogP contribution in [0.4, 0.5) is 0 Å². The zero-order valence-corrected chi connectivity index (χ0v) is 17.9. The predicted molar refractivity (Wildman–Crippen MR) is 108 cm³/mol. The highest BCUT2D eigenvalue weighted by Crippen LogP contribution is 2.68. The van der Waals surface area contributed by atoms with Crippen molar-refractivity contribution in [3.63, 3.8) is 0 Å². The molecule has 2 aliphatic heterocycles. The van der Waals surface area contributed by atoms with Gasteiger partial charge >= 0.3 is 11.9 Å². The molecule has 0 spiro atoms. The number of hydrogen-bond donors (Lipinski definition) is 0. The molecule has 1 unspecified atom stereocenters. The summed E-state index contributed by atoms with van der Waals surface area (Å²) < 4.78 is 16.6. The third-order valence-corrected chi connectivity index (χ3v) is 10.8. The lowest BCUT2D eigenvalue weighted by Gasteiger charge is -2.34. The monoisotopic (exact) mass is 433 g/mol. The number of fused-ring (bicyclic) bond motifs is 1. The number of nitrogens with zero attached hydrogens (tertiary/aromatic N) is 3. The number of carbonyl (C=O) groups excluding carboxylic acids is 2. The lowest BCUT2D eigenvalue weighted by Crippen LogP contribution is -2.21. The van der Waals surface area contributed by atoms with Crippen LogP contribution < -0.4 is 0 Å². The van der Waals surface area contributed by atoms with E-state index in [1.165, 1.54) is 23.1 Å². The summed E-state index contributed by atoms with van der Waals surface area (Å²) >= 11 is 8.31. The van der Waals surface area contributed by atoms with Crippen molar-refractivity contribution in [3.05, 3.63) is 11.3 Å². The first-order valence-electron chi connectivity index (χ1n) is 8.15. The van der Waals surface area contributed by atoms with E-state index in [-0.39, 0.29) is 23.4 Å². The van der Waals surface area contributed by atoms with Gasteiger partial charge in [-0.3, -0.25) is 9.59 Å². The molecule has 1 fully saturated rings. The van der Waals surface area contributed by atoms with Crippen LogP contribution in [0, 0.1) is 11.3 Å². The maximum Gasteiger partial charge on any atom is 0.316 e. The third kappa shape index (κ3) is 5.03. The van der Waals surface area contributed by atoms with Gasteiger partial charge in [-0.15, -0.1) is 0 Å². The molecule has 0 amide bonds. The van der Waals surface area contributed by atoms with E-state index >= 15 is 0 Å². The van der Waals surface area contributed by atoms with E-state index < -0.39 is 5.54 Å². The number of ether oxygens (including phenoxy) is 2. The average molecular weight is 434 g/mol. The van der Waals surface area contributed by atoms with E-state index in [2.05, 4.69) is 10.8 Å². The number of hydrogen-bond acceptors (Lipinski definition) is 8. The van der Waals surface area contributed by atoms with Crippen LogP contribution in [0.2, 0.25) is 0 Å². The number of esters is 2. The molecule has 0 aromatic carbocycles. The van der Waals surface area contributed by atoms with Gasteiger partial charge < -0.3 is 14.1 Å². The molecule has 0 radical (unpaired) electrons. The molecule has 1 atom stereocenters. The predicted octanol–water partition coefficient (Wildman–Crippen LogP) is 3.09. The van der Waals surface area contributed by atoms with Gasteiger partial charge in [0.25, 0.3) is 0 Å². The third-order valence-electron chi connectivity index (χ3n) is 3.52. The van der Waals surface area contributed by atoms with Crippen molar-refractivity contribution in [2.24, 2.45) is 4.76 Å². The highest BCUT2D eigenvalue weighted by molar-refractivity contribution is 8.70. The summed E-state index contributed by atoms with van der Waals surface area (Å²) in [6, 6.07) is 2.21. The highest BCUT2D eigenvalue weighted by Gasteiger charge is 2.39. The van der Waals surface area contributed by atoms with Gasteiger partial charge in [-0.1, -0.05) is 23.1 Å². The number of rotatable bonds is 7. The lowest BCUT2D eigenvalue weighted by atomic mass is 10.2. The Morgan fingerprint density at radius 1 is 1.31 bits per heavy atom. The van der Waals surface area contributed by atoms with Crippen LogP contribution >= 0.6 is 28.7 Å². The van der Waals surface area contributed by atoms with Gasteiger partial charge in [-0.05, 0) is 38.5 Å². The summed E-state index contributed by atoms with van der Waals surface area (Å²) in [6.45, 7) is 4.85. The first kappa shape index (κ1) is 21.3. The molecular formula is C15H20N3O4PS3. The zero-order chi connectivity index (χ0) is 19.2. The Balaban J connectivity index is 2.23. The van der Waals surface area contributed by atoms with Crippen molar-refractivity contribution in [1.29, 1.82) is 5.26 Å². The molecule has 7 nitrogen and oxygen atoms in total. The molecule has 2 rings (SSSR count). The van der Waals surface area contributed by atoms with Gasteiger partial charge in [0.05, 0.1) is 24.7 Å². The number of nitriles is 1. The Morgan fingerprint density at radius 3 is 2.58 bits per heavy atom. The van der Waals surface area contributed by atoms with Crippen molar-refractivity contribution in [2.75, 3.05) is 31.3 Å². The minimum absolute atomic E-state index is 0.0724. The minimum Gasteiger partial charge on any atom is -0.465 e. The molecule has 0 aromatic rings. The van der Waals surface area contributed by atoms with Crippen molar-refractivity contribution in [3.8, 4) is 6.07 Å². The van der Waals surface area contributed by atoms with Crippen LogP contribution in [-0.4, -0.2) is 52.9 Å². The fourth-order valence-electron chi connectivity index (χ4n) is 2.52. The van der Waals surface area contributed by atoms with E-state index in [1.807, 2.05) is 4.67 Å². The maximum absolute atomic E-state index is 11.7. The van der Waals surface area contributed by atoms with Crippen molar-refractivity contribution >= 4 is 57.5 Å². The molecule has 0 saturated carbocycles. The van der Waals surface area contributed by atoms with Gasteiger partial charge in [0.1, 0.15) is 16.7 Å². The summed E-state index contributed by atoms with van der Waals surface area (Å²) in [4.78, 5) is 23.4. The molecule has 142 valence electrons. The van der Waals surface area contributed by atoms with Crippen LogP contribution in [0.5, 0.6) is 0 Å². The number of thioether (sulfide) groups is 1. The van der Waals surface area contributed by atoms with Crippen molar-refractivity contribution in [1.82, 2.24) is 4.67 Å². The number of allylic oxidation sites excluding steroid dienone is 1. The number of carbonyl (C=O) groups is 2. The van der Waals surface area contributed by atoms with Crippen LogP contribution in [0.15, 0.2) is 16.0 Å². The van der Waals surface area contributed by atoms with E-state index in [0.29, 0.717) is 23.8 Å². The van der Waals surface area contributed by atoms with Gasteiger partial charge in [-0.2, -0.15) is 5.26 Å². The molecule has 26 heavy (non-hydrogen) atoms. The summed E-state index contributed by atoms with van der Waals surface area (Å²) in [5.41, 5.74) is -1.12. The van der Waals surface area contributed by atoms with E-state index in [0.717, 1.165) is 25.1 Å². The van der Waals surface area contributed by atoms with Gasteiger partial charge in [0, 0.05) is 12.2 Å². The Bertz CT molecular complexity index is 732. The van der Waals surface area contributed by atoms with Crippen LogP contribution in [-0.2, 0) is 30.9 Å². The summed E-state index contributed by atoms with van der Waals surface area (Å²) in [7, 11) is 0. The molecule has 0 N–H and O–H groups in total. The maximum atomic E-state index is 11.7. The van der Waals surface area contributed by atoms with Gasteiger partial charge in [-0.25, -0.2) is 4.76 Å². The van der Waals surface area contributed by atoms with E-state index in [4.69, 9.17) is 21.3 Å². The molecule has 1 saturated heterocycles. The van der Waals surface area contributed by atoms with Crippen LogP contribution in [0.3, 0.4) is 0 Å². The normalized spacial score (nSPS) is 21.7.